The van der Waals surface area contributed by atoms with Gasteiger partial charge in [-0.05, 0) is 42.3 Å². The number of benzene rings is 2. The molecule has 0 amide bonds. The van der Waals surface area contributed by atoms with E-state index in [1.54, 1.807) is 14.2 Å². The second kappa shape index (κ2) is 5.00. The second-order valence-corrected chi connectivity index (χ2v) is 4.11. The van der Waals surface area contributed by atoms with Gasteiger partial charge in [-0.15, -0.1) is 0 Å². The standard InChI is InChI=1S/C15H17NO2/c1-10-7-8-11(16)9-12(10)15-13(17-2)5-4-6-14(15)18-3/h4-9H,16H2,1-3H3. The molecule has 2 rings (SSSR count). The summed E-state index contributed by atoms with van der Waals surface area (Å²) in [6.07, 6.45) is 0. The molecule has 0 saturated heterocycles. The molecule has 2 N–H and O–H groups in total. The Morgan fingerprint density at radius 3 is 2.11 bits per heavy atom. The van der Waals surface area contributed by atoms with Gasteiger partial charge in [0.2, 0.25) is 0 Å². The Morgan fingerprint density at radius 2 is 1.56 bits per heavy atom. The van der Waals surface area contributed by atoms with Gasteiger partial charge >= 0.3 is 0 Å². The number of nitrogen functional groups attached to an aromatic ring is 1. The summed E-state index contributed by atoms with van der Waals surface area (Å²) in [5.41, 5.74) is 9.69. The van der Waals surface area contributed by atoms with Gasteiger partial charge in [-0.3, -0.25) is 0 Å². The Morgan fingerprint density at radius 1 is 0.944 bits per heavy atom. The van der Waals surface area contributed by atoms with Crippen molar-refractivity contribution in [1.29, 1.82) is 0 Å². The van der Waals surface area contributed by atoms with Gasteiger partial charge in [0.05, 0.1) is 19.8 Å². The van der Waals surface area contributed by atoms with Gasteiger partial charge in [0.1, 0.15) is 11.5 Å². The average Bonchev–Trinajstić information content (AvgIpc) is 2.40. The fraction of sp³-hybridized carbons (Fsp3) is 0.200. The topological polar surface area (TPSA) is 44.5 Å². The van der Waals surface area contributed by atoms with E-state index in [2.05, 4.69) is 0 Å². The van der Waals surface area contributed by atoms with Gasteiger partial charge in [-0.1, -0.05) is 12.1 Å². The first-order valence-electron chi connectivity index (χ1n) is 5.75. The van der Waals surface area contributed by atoms with Crippen molar-refractivity contribution in [2.24, 2.45) is 0 Å². The minimum absolute atomic E-state index is 0.726. The second-order valence-electron chi connectivity index (χ2n) is 4.11. The fourth-order valence-electron chi connectivity index (χ4n) is 2.03. The first kappa shape index (κ1) is 12.3. The SMILES string of the molecule is COc1cccc(OC)c1-c1cc(N)ccc1C. The number of hydrogen-bond acceptors (Lipinski definition) is 3. The molecular weight excluding hydrogens is 226 g/mol. The summed E-state index contributed by atoms with van der Waals surface area (Å²) in [5.74, 6) is 1.56. The van der Waals surface area contributed by atoms with Crippen LogP contribution in [0.1, 0.15) is 5.56 Å². The summed E-state index contributed by atoms with van der Waals surface area (Å²) in [6, 6.07) is 11.6. The lowest BCUT2D eigenvalue weighted by Crippen LogP contribution is -1.95. The van der Waals surface area contributed by atoms with E-state index in [1.807, 2.05) is 43.3 Å². The van der Waals surface area contributed by atoms with Crippen LogP contribution in [-0.4, -0.2) is 14.2 Å². The van der Waals surface area contributed by atoms with Crippen molar-refractivity contribution in [2.75, 3.05) is 20.0 Å². The van der Waals surface area contributed by atoms with E-state index in [1.165, 1.54) is 0 Å². The van der Waals surface area contributed by atoms with E-state index in [0.29, 0.717) is 0 Å². The van der Waals surface area contributed by atoms with Gasteiger partial charge < -0.3 is 15.2 Å². The highest BCUT2D eigenvalue weighted by atomic mass is 16.5. The third kappa shape index (κ3) is 2.12. The molecule has 0 unspecified atom stereocenters. The Labute approximate surface area is 107 Å². The Kier molecular flexibility index (Phi) is 3.42. The van der Waals surface area contributed by atoms with Crippen LogP contribution in [0.2, 0.25) is 0 Å². The molecule has 0 aliphatic heterocycles. The highest BCUT2D eigenvalue weighted by Crippen LogP contribution is 2.40. The molecule has 0 aliphatic rings. The van der Waals surface area contributed by atoms with Gasteiger partial charge in [-0.25, -0.2) is 0 Å². The fourth-order valence-corrected chi connectivity index (χ4v) is 2.03. The molecule has 3 heteroatoms. The van der Waals surface area contributed by atoms with Crippen LogP contribution in [0.3, 0.4) is 0 Å². The molecule has 0 spiro atoms. The number of aryl methyl sites for hydroxylation is 1. The van der Waals surface area contributed by atoms with Crippen LogP contribution in [0.4, 0.5) is 5.69 Å². The molecule has 3 nitrogen and oxygen atoms in total. The van der Waals surface area contributed by atoms with Crippen molar-refractivity contribution in [2.45, 2.75) is 6.92 Å². The lowest BCUT2D eigenvalue weighted by molar-refractivity contribution is 0.397. The molecule has 0 heterocycles. The van der Waals surface area contributed by atoms with Crippen LogP contribution in [0.25, 0.3) is 11.1 Å². The number of nitrogens with two attached hydrogens (primary N) is 1. The average molecular weight is 243 g/mol. The predicted octanol–water partition coefficient (Wildman–Crippen LogP) is 3.26. The van der Waals surface area contributed by atoms with E-state index < -0.39 is 0 Å². The quantitative estimate of drug-likeness (QED) is 0.841. The molecule has 0 aliphatic carbocycles. The zero-order valence-electron chi connectivity index (χ0n) is 10.9. The van der Waals surface area contributed by atoms with Crippen molar-refractivity contribution in [3.8, 4) is 22.6 Å². The zero-order valence-corrected chi connectivity index (χ0v) is 10.9. The molecule has 0 radical (unpaired) electrons. The molecular formula is C15H17NO2. The van der Waals surface area contributed by atoms with Gasteiger partial charge in [0.25, 0.3) is 0 Å². The Hall–Kier alpha value is -2.16. The molecule has 0 atom stereocenters. The Balaban J connectivity index is 2.72. The van der Waals surface area contributed by atoms with Crippen molar-refractivity contribution < 1.29 is 9.47 Å². The van der Waals surface area contributed by atoms with Crippen molar-refractivity contribution in [3.05, 3.63) is 42.0 Å². The third-order valence-electron chi connectivity index (χ3n) is 2.96. The maximum Gasteiger partial charge on any atom is 0.130 e. The summed E-state index contributed by atoms with van der Waals surface area (Å²) >= 11 is 0. The number of anilines is 1. The summed E-state index contributed by atoms with van der Waals surface area (Å²) < 4.78 is 10.8. The molecule has 2 aromatic rings. The molecule has 0 bridgehead atoms. The normalized spacial score (nSPS) is 10.2. The minimum atomic E-state index is 0.726. The maximum atomic E-state index is 5.87. The summed E-state index contributed by atoms with van der Waals surface area (Å²) in [7, 11) is 3.31. The number of rotatable bonds is 3. The molecule has 18 heavy (non-hydrogen) atoms. The number of ether oxygens (including phenoxy) is 2. The lowest BCUT2D eigenvalue weighted by atomic mass is 9.98. The smallest absolute Gasteiger partial charge is 0.130 e. The Bertz CT molecular complexity index is 542. The van der Waals surface area contributed by atoms with E-state index >= 15 is 0 Å². The summed E-state index contributed by atoms with van der Waals surface area (Å²) in [5, 5.41) is 0. The highest BCUT2D eigenvalue weighted by molar-refractivity contribution is 5.80. The van der Waals surface area contributed by atoms with E-state index in [0.717, 1.165) is 33.9 Å². The van der Waals surface area contributed by atoms with Crippen molar-refractivity contribution >= 4 is 5.69 Å². The highest BCUT2D eigenvalue weighted by Gasteiger charge is 2.14. The van der Waals surface area contributed by atoms with Gasteiger partial charge in [0, 0.05) is 5.69 Å². The predicted molar refractivity (Wildman–Crippen MR) is 74.1 cm³/mol. The first-order valence-corrected chi connectivity index (χ1v) is 5.75. The largest absolute Gasteiger partial charge is 0.496 e. The van der Waals surface area contributed by atoms with Crippen LogP contribution < -0.4 is 15.2 Å². The minimum Gasteiger partial charge on any atom is -0.496 e. The third-order valence-corrected chi connectivity index (χ3v) is 2.96. The number of methoxy groups -OCH3 is 2. The monoisotopic (exact) mass is 243 g/mol. The van der Waals surface area contributed by atoms with Crippen LogP contribution in [0, 0.1) is 6.92 Å². The maximum absolute atomic E-state index is 5.87. The van der Waals surface area contributed by atoms with Crippen molar-refractivity contribution in [1.82, 2.24) is 0 Å². The van der Waals surface area contributed by atoms with Gasteiger partial charge in [-0.2, -0.15) is 0 Å². The van der Waals surface area contributed by atoms with Crippen LogP contribution in [-0.2, 0) is 0 Å². The zero-order chi connectivity index (χ0) is 13.1. The first-order chi connectivity index (χ1) is 8.67. The van der Waals surface area contributed by atoms with E-state index in [-0.39, 0.29) is 0 Å². The lowest BCUT2D eigenvalue weighted by Gasteiger charge is -2.15. The van der Waals surface area contributed by atoms with Gasteiger partial charge in [0.15, 0.2) is 0 Å². The molecule has 0 fully saturated rings. The molecule has 2 aromatic carbocycles. The van der Waals surface area contributed by atoms with Crippen LogP contribution in [0.15, 0.2) is 36.4 Å². The molecule has 0 aromatic heterocycles. The van der Waals surface area contributed by atoms with Crippen LogP contribution >= 0.6 is 0 Å². The van der Waals surface area contributed by atoms with Crippen LogP contribution in [0.5, 0.6) is 11.5 Å². The summed E-state index contributed by atoms with van der Waals surface area (Å²) in [6.45, 7) is 2.04. The van der Waals surface area contributed by atoms with Crippen molar-refractivity contribution in [3.63, 3.8) is 0 Å². The number of hydrogen-bond donors (Lipinski definition) is 1. The van der Waals surface area contributed by atoms with E-state index in [9.17, 15) is 0 Å². The van der Waals surface area contributed by atoms with E-state index in [4.69, 9.17) is 15.2 Å². The summed E-state index contributed by atoms with van der Waals surface area (Å²) in [4.78, 5) is 0. The molecule has 94 valence electrons. The molecule has 0 saturated carbocycles.